The first-order valence-corrected chi connectivity index (χ1v) is 6.84. The summed E-state index contributed by atoms with van der Waals surface area (Å²) in [5, 5.41) is 0. The topological polar surface area (TPSA) is 3.88 Å². The molecule has 0 N–H and O–H groups in total. The van der Waals surface area contributed by atoms with Gasteiger partial charge in [0, 0.05) is 17.7 Å². The summed E-state index contributed by atoms with van der Waals surface area (Å²) in [6.45, 7) is 3.30. The smallest absolute Gasteiger partial charge is 0.173 e. The summed E-state index contributed by atoms with van der Waals surface area (Å²) in [5.74, 6) is 1.73. The maximum atomic E-state index is 2.34. The van der Waals surface area contributed by atoms with E-state index in [4.69, 9.17) is 0 Å². The molecule has 0 bridgehead atoms. The third-order valence-electron chi connectivity index (χ3n) is 3.97. The molecular weight excluding hydrogens is 298 g/mol. The summed E-state index contributed by atoms with van der Waals surface area (Å²) in [5.41, 5.74) is 2.87. The SMILES string of the molecule is CC1CC(c2cc[n+](Cc3ccccc3)cc2)C1.[Br-]. The van der Waals surface area contributed by atoms with Crippen molar-refractivity contribution in [3.8, 4) is 0 Å². The van der Waals surface area contributed by atoms with Crippen molar-refractivity contribution >= 4 is 0 Å². The molecule has 1 saturated carbocycles. The van der Waals surface area contributed by atoms with Crippen LogP contribution in [-0.4, -0.2) is 0 Å². The predicted octanol–water partition coefficient (Wildman–Crippen LogP) is 0.540. The van der Waals surface area contributed by atoms with Crippen LogP contribution in [0.4, 0.5) is 0 Å². The van der Waals surface area contributed by atoms with Gasteiger partial charge in [0.25, 0.3) is 0 Å². The summed E-state index contributed by atoms with van der Waals surface area (Å²) in [4.78, 5) is 0. The van der Waals surface area contributed by atoms with Crippen LogP contribution in [0.15, 0.2) is 54.9 Å². The molecule has 0 aliphatic heterocycles. The second-order valence-electron chi connectivity index (χ2n) is 5.56. The molecule has 0 atom stereocenters. The number of halogens is 1. The summed E-state index contributed by atoms with van der Waals surface area (Å²) in [6.07, 6.45) is 7.15. The van der Waals surface area contributed by atoms with E-state index in [1.165, 1.54) is 24.0 Å². The zero-order valence-electron chi connectivity index (χ0n) is 11.3. The van der Waals surface area contributed by atoms with E-state index < -0.39 is 0 Å². The van der Waals surface area contributed by atoms with Gasteiger partial charge in [0.1, 0.15) is 0 Å². The molecule has 1 heterocycles. The fraction of sp³-hybridized carbons (Fsp3) is 0.353. The van der Waals surface area contributed by atoms with Crippen LogP contribution in [0.25, 0.3) is 0 Å². The van der Waals surface area contributed by atoms with Gasteiger partial charge in [-0.2, -0.15) is 0 Å². The van der Waals surface area contributed by atoms with E-state index in [0.29, 0.717) is 0 Å². The highest BCUT2D eigenvalue weighted by Crippen LogP contribution is 2.40. The molecule has 0 radical (unpaired) electrons. The van der Waals surface area contributed by atoms with E-state index >= 15 is 0 Å². The average Bonchev–Trinajstić information content (AvgIpc) is 2.38. The second-order valence-corrected chi connectivity index (χ2v) is 5.56. The number of pyridine rings is 1. The standard InChI is InChI=1S/C17H20N.BrH/c1-14-11-17(12-14)16-7-9-18(10-8-16)13-15-5-3-2-4-6-15;/h2-10,14,17H,11-13H2,1H3;1H/q+1;/p-1. The van der Waals surface area contributed by atoms with Gasteiger partial charge >= 0.3 is 0 Å². The third kappa shape index (κ3) is 3.44. The highest BCUT2D eigenvalue weighted by atomic mass is 79.9. The lowest BCUT2D eigenvalue weighted by atomic mass is 9.73. The van der Waals surface area contributed by atoms with Gasteiger partial charge in [-0.05, 0) is 30.2 Å². The molecule has 1 aliphatic carbocycles. The minimum Gasteiger partial charge on any atom is -1.00 e. The Kier molecular flexibility index (Phi) is 4.76. The molecule has 1 nitrogen and oxygen atoms in total. The third-order valence-corrected chi connectivity index (χ3v) is 3.97. The van der Waals surface area contributed by atoms with E-state index in [9.17, 15) is 0 Å². The van der Waals surface area contributed by atoms with Crippen LogP contribution in [0.1, 0.15) is 36.8 Å². The van der Waals surface area contributed by atoms with Gasteiger partial charge in [0.2, 0.25) is 0 Å². The molecule has 1 aromatic carbocycles. The van der Waals surface area contributed by atoms with Crippen molar-refractivity contribution < 1.29 is 21.5 Å². The highest BCUT2D eigenvalue weighted by molar-refractivity contribution is 5.17. The molecule has 100 valence electrons. The average molecular weight is 318 g/mol. The van der Waals surface area contributed by atoms with Crippen molar-refractivity contribution in [1.82, 2.24) is 0 Å². The van der Waals surface area contributed by atoms with Crippen LogP contribution in [-0.2, 0) is 6.54 Å². The van der Waals surface area contributed by atoms with Gasteiger partial charge in [0.15, 0.2) is 18.9 Å². The van der Waals surface area contributed by atoms with E-state index in [1.54, 1.807) is 0 Å². The first kappa shape index (κ1) is 14.3. The molecule has 0 spiro atoms. The molecule has 2 aromatic rings. The minimum atomic E-state index is 0. The maximum absolute atomic E-state index is 2.34. The van der Waals surface area contributed by atoms with Gasteiger partial charge in [-0.3, -0.25) is 0 Å². The summed E-state index contributed by atoms with van der Waals surface area (Å²) < 4.78 is 2.25. The Hall–Kier alpha value is -1.15. The summed E-state index contributed by atoms with van der Waals surface area (Å²) in [7, 11) is 0. The number of hydrogen-bond acceptors (Lipinski definition) is 0. The number of aromatic nitrogens is 1. The summed E-state index contributed by atoms with van der Waals surface area (Å²) >= 11 is 0. The molecule has 2 heteroatoms. The van der Waals surface area contributed by atoms with Crippen LogP contribution >= 0.6 is 0 Å². The molecule has 0 unspecified atom stereocenters. The van der Waals surface area contributed by atoms with Crippen molar-refractivity contribution in [2.45, 2.75) is 32.2 Å². The van der Waals surface area contributed by atoms with Crippen LogP contribution < -0.4 is 21.5 Å². The lowest BCUT2D eigenvalue weighted by Gasteiger charge is -2.32. The van der Waals surface area contributed by atoms with Gasteiger partial charge in [-0.25, -0.2) is 4.57 Å². The lowest BCUT2D eigenvalue weighted by Crippen LogP contribution is -3.00. The van der Waals surface area contributed by atoms with Crippen LogP contribution in [0.5, 0.6) is 0 Å². The van der Waals surface area contributed by atoms with E-state index in [1.807, 2.05) is 0 Å². The first-order chi connectivity index (χ1) is 8.81. The van der Waals surface area contributed by atoms with Crippen molar-refractivity contribution in [2.75, 3.05) is 0 Å². The van der Waals surface area contributed by atoms with E-state index in [2.05, 4.69) is 66.3 Å². The predicted molar refractivity (Wildman–Crippen MR) is 73.3 cm³/mol. The van der Waals surface area contributed by atoms with Crippen molar-refractivity contribution in [3.05, 3.63) is 66.0 Å². The fourth-order valence-electron chi connectivity index (χ4n) is 2.82. The van der Waals surface area contributed by atoms with Crippen molar-refractivity contribution in [2.24, 2.45) is 5.92 Å². The van der Waals surface area contributed by atoms with Gasteiger partial charge in [0.05, 0.1) is 0 Å². The largest absolute Gasteiger partial charge is 1.00 e. The molecule has 0 saturated heterocycles. The molecule has 1 aliphatic rings. The Balaban J connectivity index is 0.00000133. The Labute approximate surface area is 126 Å². The van der Waals surface area contributed by atoms with E-state index in [-0.39, 0.29) is 17.0 Å². The van der Waals surface area contributed by atoms with Gasteiger partial charge in [-0.15, -0.1) is 0 Å². The fourth-order valence-corrected chi connectivity index (χ4v) is 2.82. The molecule has 3 rings (SSSR count). The number of nitrogens with zero attached hydrogens (tertiary/aromatic N) is 1. The van der Waals surface area contributed by atoms with Crippen molar-refractivity contribution in [1.29, 1.82) is 0 Å². The normalized spacial score (nSPS) is 21.3. The first-order valence-electron chi connectivity index (χ1n) is 6.84. The minimum absolute atomic E-state index is 0. The van der Waals surface area contributed by atoms with Crippen LogP contribution in [0.2, 0.25) is 0 Å². The second kappa shape index (κ2) is 6.33. The Morgan fingerprint density at radius 1 is 1.00 bits per heavy atom. The van der Waals surface area contributed by atoms with Crippen molar-refractivity contribution in [3.63, 3.8) is 0 Å². The number of rotatable bonds is 3. The monoisotopic (exact) mass is 317 g/mol. The van der Waals surface area contributed by atoms with Crippen LogP contribution in [0, 0.1) is 5.92 Å². The van der Waals surface area contributed by atoms with Gasteiger partial charge < -0.3 is 17.0 Å². The Morgan fingerprint density at radius 2 is 1.63 bits per heavy atom. The van der Waals surface area contributed by atoms with Gasteiger partial charge in [-0.1, -0.05) is 37.3 Å². The highest BCUT2D eigenvalue weighted by Gasteiger charge is 2.26. The quantitative estimate of drug-likeness (QED) is 0.728. The molecule has 0 amide bonds. The zero-order valence-corrected chi connectivity index (χ0v) is 12.9. The van der Waals surface area contributed by atoms with Crippen LogP contribution in [0.3, 0.4) is 0 Å². The summed E-state index contributed by atoms with van der Waals surface area (Å²) in [6, 6.07) is 15.2. The number of benzene rings is 1. The molecule has 19 heavy (non-hydrogen) atoms. The van der Waals surface area contributed by atoms with E-state index in [0.717, 1.165) is 18.4 Å². The molecule has 1 fully saturated rings. The molecule has 1 aromatic heterocycles. The Morgan fingerprint density at radius 3 is 2.21 bits per heavy atom. The number of hydrogen-bond donors (Lipinski definition) is 0. The maximum Gasteiger partial charge on any atom is 0.173 e. The molecular formula is C17H20BrN. The Bertz CT molecular complexity index is 501. The lowest BCUT2D eigenvalue weighted by molar-refractivity contribution is -0.688. The zero-order chi connectivity index (χ0) is 12.4.